The fourth-order valence-electron chi connectivity index (χ4n) is 4.34. The van der Waals surface area contributed by atoms with Crippen molar-refractivity contribution in [3.63, 3.8) is 0 Å². The van der Waals surface area contributed by atoms with Crippen molar-refractivity contribution in [2.24, 2.45) is 0 Å². The molecule has 0 bridgehead atoms. The Hall–Kier alpha value is -2.33. The minimum Gasteiger partial charge on any atom is -0.473 e. The van der Waals surface area contributed by atoms with Gasteiger partial charge in [-0.15, -0.1) is 0 Å². The number of hydrogen-bond donors (Lipinski definition) is 1. The van der Waals surface area contributed by atoms with Crippen LogP contribution < -0.4 is 10.2 Å². The number of anilines is 1. The first-order valence-electron chi connectivity index (χ1n) is 12.2. The normalized spacial score (nSPS) is 17.8. The second-order valence-corrected chi connectivity index (χ2v) is 8.66. The van der Waals surface area contributed by atoms with E-state index in [1.165, 1.54) is 43.5 Å². The summed E-state index contributed by atoms with van der Waals surface area (Å²) >= 11 is 0. The molecule has 3 heterocycles. The molecule has 1 aromatic heterocycles. The molecule has 32 heavy (non-hydrogen) atoms. The maximum absolute atomic E-state index is 9.56. The zero-order chi connectivity index (χ0) is 22.4. The number of piperazine rings is 1. The summed E-state index contributed by atoms with van der Waals surface area (Å²) < 4.78 is 4.58. The van der Waals surface area contributed by atoms with Crippen LogP contribution in [0.15, 0.2) is 47.3 Å². The number of furan rings is 1. The summed E-state index contributed by atoms with van der Waals surface area (Å²) in [5.74, 6) is 0. The largest absolute Gasteiger partial charge is 0.473 e. The molecule has 4 rings (SSSR count). The Kier molecular flexibility index (Phi) is 10.6. The molecule has 174 valence electrons. The van der Waals surface area contributed by atoms with Gasteiger partial charge in [0.25, 0.3) is 0 Å². The number of nitrogens with one attached hydrogen (secondary N) is 1. The summed E-state index contributed by atoms with van der Waals surface area (Å²) in [5, 5.41) is 13.0. The Balaban J connectivity index is 0.000000509. The molecule has 1 aromatic carbocycles. The van der Waals surface area contributed by atoms with Gasteiger partial charge in [0.05, 0.1) is 24.2 Å². The van der Waals surface area contributed by atoms with Crippen LogP contribution in [0.5, 0.6) is 0 Å². The van der Waals surface area contributed by atoms with Gasteiger partial charge < -0.3 is 19.5 Å². The van der Waals surface area contributed by atoms with Crippen LogP contribution in [-0.2, 0) is 6.54 Å². The van der Waals surface area contributed by atoms with Crippen LogP contribution in [-0.4, -0.2) is 68.7 Å². The molecule has 0 radical (unpaired) electrons. The van der Waals surface area contributed by atoms with E-state index >= 15 is 0 Å². The first kappa shape index (κ1) is 24.3. The van der Waals surface area contributed by atoms with Crippen molar-refractivity contribution in [3.8, 4) is 6.07 Å². The number of hydrogen-bond acceptors (Lipinski definition) is 6. The van der Waals surface area contributed by atoms with E-state index in [1.807, 2.05) is 18.2 Å². The molecule has 2 aromatic rings. The lowest BCUT2D eigenvalue weighted by Crippen LogP contribution is -2.46. The lowest BCUT2D eigenvalue weighted by Gasteiger charge is -2.35. The van der Waals surface area contributed by atoms with Crippen molar-refractivity contribution >= 4 is 5.69 Å². The monoisotopic (exact) mass is 437 g/mol. The van der Waals surface area contributed by atoms with Crippen LogP contribution >= 0.6 is 0 Å². The van der Waals surface area contributed by atoms with Crippen molar-refractivity contribution in [3.05, 3.63) is 54.0 Å². The number of benzene rings is 1. The van der Waals surface area contributed by atoms with Crippen LogP contribution in [0.2, 0.25) is 0 Å². The second-order valence-electron chi connectivity index (χ2n) is 8.66. The molecule has 1 N–H and O–H groups in total. The van der Waals surface area contributed by atoms with E-state index < -0.39 is 0 Å². The van der Waals surface area contributed by atoms with Gasteiger partial charge in [0, 0.05) is 58.0 Å². The molecule has 2 saturated heterocycles. The lowest BCUT2D eigenvalue weighted by atomic mass is 10.1. The summed E-state index contributed by atoms with van der Waals surface area (Å²) in [6, 6.07) is 12.5. The highest BCUT2D eigenvalue weighted by atomic mass is 16.3. The lowest BCUT2D eigenvalue weighted by molar-refractivity contribution is 0.125. The van der Waals surface area contributed by atoms with Crippen LogP contribution in [0.25, 0.3) is 0 Å². The summed E-state index contributed by atoms with van der Waals surface area (Å²) in [7, 11) is 0. The number of nitrogens with zero attached hydrogens (tertiary/aromatic N) is 4. The third-order valence-corrected chi connectivity index (χ3v) is 6.28. The molecular formula is C26H39N5O. The van der Waals surface area contributed by atoms with Gasteiger partial charge in [0.1, 0.15) is 0 Å². The molecule has 2 aliphatic rings. The average molecular weight is 438 g/mol. The molecule has 0 saturated carbocycles. The third kappa shape index (κ3) is 7.98. The second kappa shape index (κ2) is 13.9. The highest BCUT2D eigenvalue weighted by Crippen LogP contribution is 2.22. The SMILES string of the molecule is CCCCCN1CCN(Cc2cc(N3CCCNCC3)ccc2C#N)CC1.c1ccoc1. The van der Waals surface area contributed by atoms with Gasteiger partial charge >= 0.3 is 0 Å². The van der Waals surface area contributed by atoms with Gasteiger partial charge in [-0.25, -0.2) is 0 Å². The molecule has 0 aliphatic carbocycles. The van der Waals surface area contributed by atoms with E-state index in [4.69, 9.17) is 0 Å². The van der Waals surface area contributed by atoms with Crippen molar-refractivity contribution in [2.75, 3.05) is 63.8 Å². The van der Waals surface area contributed by atoms with E-state index in [1.54, 1.807) is 12.5 Å². The van der Waals surface area contributed by atoms with Gasteiger partial charge in [-0.1, -0.05) is 19.8 Å². The van der Waals surface area contributed by atoms with Gasteiger partial charge in [0.15, 0.2) is 0 Å². The van der Waals surface area contributed by atoms with Crippen LogP contribution in [0.1, 0.15) is 43.7 Å². The molecule has 0 spiro atoms. The minimum absolute atomic E-state index is 0.831. The number of rotatable bonds is 7. The van der Waals surface area contributed by atoms with Crippen LogP contribution in [0, 0.1) is 11.3 Å². The van der Waals surface area contributed by atoms with E-state index in [0.29, 0.717) is 0 Å². The molecule has 0 unspecified atom stereocenters. The van der Waals surface area contributed by atoms with Gasteiger partial charge in [-0.3, -0.25) is 4.90 Å². The summed E-state index contributed by atoms with van der Waals surface area (Å²) in [5.41, 5.74) is 3.29. The molecule has 6 heteroatoms. The van der Waals surface area contributed by atoms with Crippen LogP contribution in [0.3, 0.4) is 0 Å². The Morgan fingerprint density at radius 1 is 0.969 bits per heavy atom. The first-order chi connectivity index (χ1) is 15.8. The van der Waals surface area contributed by atoms with Gasteiger partial charge in [0.2, 0.25) is 0 Å². The summed E-state index contributed by atoms with van der Waals surface area (Å²) in [4.78, 5) is 7.56. The fraction of sp³-hybridized carbons (Fsp3) is 0.577. The Morgan fingerprint density at radius 3 is 2.44 bits per heavy atom. The molecule has 0 amide bonds. The van der Waals surface area contributed by atoms with Crippen molar-refractivity contribution in [1.82, 2.24) is 15.1 Å². The quantitative estimate of drug-likeness (QED) is 0.662. The average Bonchev–Trinajstić information content (AvgIpc) is 3.30. The van der Waals surface area contributed by atoms with Crippen LogP contribution in [0.4, 0.5) is 5.69 Å². The van der Waals surface area contributed by atoms with Gasteiger partial charge in [-0.05, 0) is 61.8 Å². The number of nitriles is 1. The third-order valence-electron chi connectivity index (χ3n) is 6.28. The van der Waals surface area contributed by atoms with Crippen molar-refractivity contribution in [2.45, 2.75) is 39.2 Å². The molecule has 2 aliphatic heterocycles. The van der Waals surface area contributed by atoms with Crippen molar-refractivity contribution in [1.29, 1.82) is 5.26 Å². The maximum Gasteiger partial charge on any atom is 0.0995 e. The molecular weight excluding hydrogens is 398 g/mol. The minimum atomic E-state index is 0.831. The van der Waals surface area contributed by atoms with Gasteiger partial charge in [-0.2, -0.15) is 5.26 Å². The molecule has 2 fully saturated rings. The Morgan fingerprint density at radius 2 is 1.75 bits per heavy atom. The smallest absolute Gasteiger partial charge is 0.0995 e. The Bertz CT molecular complexity index is 768. The first-order valence-corrected chi connectivity index (χ1v) is 12.2. The van der Waals surface area contributed by atoms with E-state index in [2.05, 4.69) is 49.6 Å². The predicted octanol–water partition coefficient (Wildman–Crippen LogP) is 3.95. The fourth-order valence-corrected chi connectivity index (χ4v) is 4.34. The predicted molar refractivity (Wildman–Crippen MR) is 131 cm³/mol. The topological polar surface area (TPSA) is 58.7 Å². The zero-order valence-corrected chi connectivity index (χ0v) is 19.6. The molecule has 0 atom stereocenters. The Labute approximate surface area is 193 Å². The van der Waals surface area contributed by atoms with E-state index in [9.17, 15) is 5.26 Å². The van der Waals surface area contributed by atoms with E-state index in [-0.39, 0.29) is 0 Å². The highest BCUT2D eigenvalue weighted by molar-refractivity contribution is 5.54. The maximum atomic E-state index is 9.56. The molecule has 6 nitrogen and oxygen atoms in total. The summed E-state index contributed by atoms with van der Waals surface area (Å²) in [6.07, 6.45) is 8.38. The summed E-state index contributed by atoms with van der Waals surface area (Å²) in [6.45, 7) is 13.2. The highest BCUT2D eigenvalue weighted by Gasteiger charge is 2.19. The van der Waals surface area contributed by atoms with E-state index in [0.717, 1.165) is 64.5 Å². The number of unbranched alkanes of at least 4 members (excludes halogenated alkanes) is 2. The zero-order valence-electron chi connectivity index (χ0n) is 19.6. The van der Waals surface area contributed by atoms with Crippen molar-refractivity contribution < 1.29 is 4.42 Å². The standard InChI is InChI=1S/C22H35N5.C4H4O/c1-2-3-4-10-25-13-15-26(16-14-25)19-21-17-22(7-6-20(21)18-23)27-11-5-8-24-9-12-27;1-2-4-5-3-1/h6-7,17,24H,2-5,8-16,19H2,1H3;1-4H.